The lowest BCUT2D eigenvalue weighted by atomic mass is 10.3. The molecule has 0 atom stereocenters. The first-order valence-corrected chi connectivity index (χ1v) is 4.07. The number of carbonyl (C=O) groups excluding carboxylic acids is 1. The molecule has 0 unspecified atom stereocenters. The lowest BCUT2D eigenvalue weighted by Crippen LogP contribution is -1.94. The Morgan fingerprint density at radius 3 is 2.00 bits per heavy atom. The first kappa shape index (κ1) is 12.7. The number of primary amides is 1. The van der Waals surface area contributed by atoms with Crippen LogP contribution in [-0.4, -0.2) is 11.2 Å². The third kappa shape index (κ3) is 43.0. The Balaban J connectivity index is 0. The molecular formula is C6H13Cl2NO. The lowest BCUT2D eigenvalue weighted by Gasteiger charge is -1.84. The van der Waals surface area contributed by atoms with Gasteiger partial charge in [-0.1, -0.05) is 19.8 Å². The standard InChI is InChI=1S/C5H11Cl.CH2ClNO/c1-2-3-4-5-6;2-1(3)4/h2-5H2,1H3;(H2,3,4). The Kier molecular flexibility index (Phi) is 15.0. The molecule has 0 spiro atoms. The summed E-state index contributed by atoms with van der Waals surface area (Å²) >= 11 is 9.79. The maximum atomic E-state index is 8.99. The molecule has 0 saturated carbocycles. The number of unbranched alkanes of at least 4 members (excludes halogenated alkanes) is 2. The van der Waals surface area contributed by atoms with Gasteiger partial charge in [0.1, 0.15) is 0 Å². The van der Waals surface area contributed by atoms with Crippen molar-refractivity contribution in [3.8, 4) is 0 Å². The molecule has 0 fully saturated rings. The van der Waals surface area contributed by atoms with E-state index in [2.05, 4.69) is 24.3 Å². The molecule has 0 aliphatic rings. The van der Waals surface area contributed by atoms with Crippen LogP contribution in [0.1, 0.15) is 26.2 Å². The number of nitrogens with two attached hydrogens (primary N) is 1. The number of rotatable bonds is 3. The van der Waals surface area contributed by atoms with Gasteiger partial charge in [-0.05, 0) is 18.0 Å². The van der Waals surface area contributed by atoms with Crippen molar-refractivity contribution < 1.29 is 4.79 Å². The summed E-state index contributed by atoms with van der Waals surface area (Å²) in [5.74, 6) is 0.827. The summed E-state index contributed by atoms with van der Waals surface area (Å²) in [4.78, 5) is 8.99. The number of halogens is 2. The second kappa shape index (κ2) is 11.8. The first-order valence-electron chi connectivity index (χ1n) is 3.16. The molecular weight excluding hydrogens is 173 g/mol. The van der Waals surface area contributed by atoms with Crippen LogP contribution in [-0.2, 0) is 0 Å². The molecule has 0 aliphatic carbocycles. The molecule has 0 aromatic carbocycles. The molecule has 0 aromatic rings. The van der Waals surface area contributed by atoms with Gasteiger partial charge in [-0.15, -0.1) is 11.6 Å². The number of amides is 1. The molecule has 0 radical (unpaired) electrons. The van der Waals surface area contributed by atoms with E-state index < -0.39 is 5.37 Å². The molecule has 2 N–H and O–H groups in total. The third-order valence-electron chi connectivity index (χ3n) is 0.737. The van der Waals surface area contributed by atoms with Gasteiger partial charge in [0, 0.05) is 5.88 Å². The Morgan fingerprint density at radius 1 is 1.50 bits per heavy atom. The van der Waals surface area contributed by atoms with Crippen LogP contribution in [0.3, 0.4) is 0 Å². The first-order chi connectivity index (χ1) is 4.65. The zero-order chi connectivity index (χ0) is 8.41. The van der Waals surface area contributed by atoms with E-state index in [9.17, 15) is 0 Å². The third-order valence-corrected chi connectivity index (χ3v) is 1.00. The minimum Gasteiger partial charge on any atom is -0.356 e. The highest BCUT2D eigenvalue weighted by Crippen LogP contribution is 1.93. The van der Waals surface area contributed by atoms with Gasteiger partial charge >= 0.3 is 5.37 Å². The van der Waals surface area contributed by atoms with Crippen LogP contribution in [0.25, 0.3) is 0 Å². The maximum absolute atomic E-state index is 8.99. The van der Waals surface area contributed by atoms with Crippen LogP contribution in [0, 0.1) is 0 Å². The fourth-order valence-corrected chi connectivity index (χ4v) is 0.533. The zero-order valence-electron chi connectivity index (χ0n) is 6.07. The Hall–Kier alpha value is 0.0500. The summed E-state index contributed by atoms with van der Waals surface area (Å²) in [6.07, 6.45) is 3.73. The molecule has 62 valence electrons. The number of alkyl halides is 1. The molecule has 0 saturated heterocycles. The molecule has 0 aliphatic heterocycles. The largest absolute Gasteiger partial charge is 0.356 e. The average molecular weight is 186 g/mol. The zero-order valence-corrected chi connectivity index (χ0v) is 7.58. The van der Waals surface area contributed by atoms with E-state index in [0.29, 0.717) is 0 Å². The SMILES string of the molecule is CCCCCCl.NC(=O)Cl. The van der Waals surface area contributed by atoms with Gasteiger partial charge in [0.15, 0.2) is 0 Å². The van der Waals surface area contributed by atoms with E-state index in [4.69, 9.17) is 16.4 Å². The number of hydrogen-bond acceptors (Lipinski definition) is 1. The van der Waals surface area contributed by atoms with E-state index in [1.807, 2.05) is 0 Å². The van der Waals surface area contributed by atoms with E-state index in [1.54, 1.807) is 0 Å². The van der Waals surface area contributed by atoms with Crippen molar-refractivity contribution in [3.05, 3.63) is 0 Å². The smallest absolute Gasteiger partial charge is 0.311 e. The van der Waals surface area contributed by atoms with Gasteiger partial charge in [-0.2, -0.15) is 0 Å². The monoisotopic (exact) mass is 185 g/mol. The van der Waals surface area contributed by atoms with Crippen LogP contribution in [0.5, 0.6) is 0 Å². The lowest BCUT2D eigenvalue weighted by molar-refractivity contribution is 0.266. The highest BCUT2D eigenvalue weighted by atomic mass is 35.5. The second-order valence-corrected chi connectivity index (χ2v) is 2.45. The van der Waals surface area contributed by atoms with Crippen LogP contribution < -0.4 is 5.73 Å². The van der Waals surface area contributed by atoms with Gasteiger partial charge in [-0.25, -0.2) is 0 Å². The minimum atomic E-state index is -0.861. The fraction of sp³-hybridized carbons (Fsp3) is 0.833. The summed E-state index contributed by atoms with van der Waals surface area (Å²) in [5, 5.41) is -0.861. The molecule has 4 heteroatoms. The molecule has 0 heterocycles. The van der Waals surface area contributed by atoms with Gasteiger partial charge in [0.05, 0.1) is 0 Å². The van der Waals surface area contributed by atoms with Crippen molar-refractivity contribution in [2.24, 2.45) is 5.73 Å². The van der Waals surface area contributed by atoms with Gasteiger partial charge in [-0.3, -0.25) is 4.79 Å². The van der Waals surface area contributed by atoms with Gasteiger partial charge < -0.3 is 5.73 Å². The maximum Gasteiger partial charge on any atom is 0.311 e. The van der Waals surface area contributed by atoms with Crippen LogP contribution in [0.2, 0.25) is 0 Å². The van der Waals surface area contributed by atoms with E-state index in [-0.39, 0.29) is 0 Å². The van der Waals surface area contributed by atoms with Crippen molar-refractivity contribution in [2.75, 3.05) is 5.88 Å². The summed E-state index contributed by atoms with van der Waals surface area (Å²) in [6.45, 7) is 2.17. The second-order valence-electron chi connectivity index (χ2n) is 1.70. The summed E-state index contributed by atoms with van der Waals surface area (Å²) in [7, 11) is 0. The Morgan fingerprint density at radius 2 is 1.90 bits per heavy atom. The minimum absolute atomic E-state index is 0.827. The molecule has 2 nitrogen and oxygen atoms in total. The van der Waals surface area contributed by atoms with E-state index in [1.165, 1.54) is 19.3 Å². The predicted octanol–water partition coefficient (Wildman–Crippen LogP) is 2.72. The highest BCUT2D eigenvalue weighted by Gasteiger charge is 1.76. The van der Waals surface area contributed by atoms with Crippen molar-refractivity contribution in [3.63, 3.8) is 0 Å². The van der Waals surface area contributed by atoms with Gasteiger partial charge in [0.2, 0.25) is 0 Å². The topological polar surface area (TPSA) is 43.1 Å². The molecule has 0 aromatic heterocycles. The molecule has 0 rings (SSSR count). The highest BCUT2D eigenvalue weighted by molar-refractivity contribution is 6.62. The van der Waals surface area contributed by atoms with Crippen molar-refractivity contribution in [1.29, 1.82) is 0 Å². The Bertz CT molecular complexity index is 70.1. The van der Waals surface area contributed by atoms with Crippen LogP contribution >= 0.6 is 23.2 Å². The average Bonchev–Trinajstić information content (AvgIpc) is 1.82. The summed E-state index contributed by atoms with van der Waals surface area (Å²) < 4.78 is 0. The van der Waals surface area contributed by atoms with Crippen molar-refractivity contribution in [1.82, 2.24) is 0 Å². The van der Waals surface area contributed by atoms with Crippen LogP contribution in [0.15, 0.2) is 0 Å². The quantitative estimate of drug-likeness (QED) is 0.313. The molecule has 1 amide bonds. The summed E-state index contributed by atoms with van der Waals surface area (Å²) in [6, 6.07) is 0. The Labute approximate surface area is 71.7 Å². The van der Waals surface area contributed by atoms with E-state index in [0.717, 1.165) is 5.88 Å². The number of carbonyl (C=O) groups is 1. The summed E-state index contributed by atoms with van der Waals surface area (Å²) in [5.41, 5.74) is 4.24. The predicted molar refractivity (Wildman–Crippen MR) is 45.7 cm³/mol. The van der Waals surface area contributed by atoms with Gasteiger partial charge in [0.25, 0.3) is 0 Å². The van der Waals surface area contributed by atoms with Crippen molar-refractivity contribution >= 4 is 28.6 Å². The van der Waals surface area contributed by atoms with Crippen LogP contribution in [0.4, 0.5) is 4.79 Å². The van der Waals surface area contributed by atoms with Crippen molar-refractivity contribution in [2.45, 2.75) is 26.2 Å². The fourth-order valence-electron chi connectivity index (χ4n) is 0.344. The normalized spacial score (nSPS) is 7.90. The van der Waals surface area contributed by atoms with E-state index >= 15 is 0 Å². The number of hydrogen-bond donors (Lipinski definition) is 1. The molecule has 0 bridgehead atoms. The molecule has 10 heavy (non-hydrogen) atoms.